The van der Waals surface area contributed by atoms with Crippen molar-refractivity contribution < 1.29 is 14.3 Å². The molecule has 0 radical (unpaired) electrons. The maximum atomic E-state index is 12.2. The topological polar surface area (TPSA) is 131 Å². The highest BCUT2D eigenvalue weighted by Crippen LogP contribution is 2.31. The number of nitrogen functional groups attached to an aromatic ring is 1. The second-order valence-corrected chi connectivity index (χ2v) is 7.26. The standard InChI is InChI=1S/C25H26N6O3/c1-3-9-17(2)34-21-13-8-7-12-19(21)30-31-20-14-15-22(29-24(20)26)28-23(32)16-27-25(33)18-10-5-4-6-11-18/h4-8,10-15H,2-3,9,16H2,1H3,(H,27,33)(H3,26,28,29,32). The van der Waals surface area contributed by atoms with Crippen molar-refractivity contribution in [2.24, 2.45) is 10.2 Å². The average molecular weight is 459 g/mol. The van der Waals surface area contributed by atoms with E-state index in [2.05, 4.69) is 32.4 Å². The molecule has 0 saturated heterocycles. The molecule has 1 heterocycles. The number of pyridine rings is 1. The van der Waals surface area contributed by atoms with E-state index in [1.807, 2.05) is 19.1 Å². The number of amides is 2. The molecule has 0 fully saturated rings. The third-order valence-electron chi connectivity index (χ3n) is 4.53. The Kier molecular flexibility index (Phi) is 8.45. The van der Waals surface area contributed by atoms with Crippen LogP contribution in [-0.4, -0.2) is 23.3 Å². The molecular formula is C25H26N6O3. The molecule has 0 atom stereocenters. The SMILES string of the molecule is C=C(CCC)Oc1ccccc1N=Nc1ccc(NC(=O)CNC(=O)c2ccccc2)nc1N. The van der Waals surface area contributed by atoms with Crippen molar-refractivity contribution in [2.45, 2.75) is 19.8 Å². The fraction of sp³-hybridized carbons (Fsp3) is 0.160. The van der Waals surface area contributed by atoms with Crippen LogP contribution in [0.25, 0.3) is 0 Å². The third kappa shape index (κ3) is 6.99. The van der Waals surface area contributed by atoms with Gasteiger partial charge < -0.3 is 21.1 Å². The number of aromatic nitrogens is 1. The number of nitrogens with zero attached hydrogens (tertiary/aromatic N) is 3. The summed E-state index contributed by atoms with van der Waals surface area (Å²) in [6.07, 6.45) is 1.67. The van der Waals surface area contributed by atoms with Crippen LogP contribution >= 0.6 is 0 Å². The Balaban J connectivity index is 1.60. The van der Waals surface area contributed by atoms with Crippen molar-refractivity contribution >= 4 is 34.8 Å². The molecule has 1 aromatic heterocycles. The van der Waals surface area contributed by atoms with E-state index < -0.39 is 5.91 Å². The number of azo groups is 1. The quantitative estimate of drug-likeness (QED) is 0.286. The Morgan fingerprint density at radius 3 is 2.44 bits per heavy atom. The van der Waals surface area contributed by atoms with E-state index in [1.54, 1.807) is 54.6 Å². The summed E-state index contributed by atoms with van der Waals surface area (Å²) in [6, 6.07) is 19.0. The van der Waals surface area contributed by atoms with E-state index in [1.165, 1.54) is 0 Å². The number of hydrogen-bond donors (Lipinski definition) is 3. The van der Waals surface area contributed by atoms with E-state index in [4.69, 9.17) is 10.5 Å². The van der Waals surface area contributed by atoms with Crippen LogP contribution in [0.2, 0.25) is 0 Å². The Bertz CT molecular complexity index is 1190. The lowest BCUT2D eigenvalue weighted by molar-refractivity contribution is -0.115. The summed E-state index contributed by atoms with van der Waals surface area (Å²) >= 11 is 0. The van der Waals surface area contributed by atoms with E-state index >= 15 is 0 Å². The summed E-state index contributed by atoms with van der Waals surface area (Å²) in [6.45, 7) is 5.74. The van der Waals surface area contributed by atoms with Gasteiger partial charge in [-0.1, -0.05) is 43.8 Å². The van der Waals surface area contributed by atoms with Gasteiger partial charge in [-0.3, -0.25) is 9.59 Å². The minimum absolute atomic E-state index is 0.0867. The van der Waals surface area contributed by atoms with Crippen LogP contribution in [0.4, 0.5) is 23.0 Å². The molecule has 2 aromatic carbocycles. The van der Waals surface area contributed by atoms with Crippen molar-refractivity contribution in [1.29, 1.82) is 0 Å². The first-order valence-corrected chi connectivity index (χ1v) is 10.7. The smallest absolute Gasteiger partial charge is 0.251 e. The summed E-state index contributed by atoms with van der Waals surface area (Å²) in [5, 5.41) is 13.5. The minimum Gasteiger partial charge on any atom is -0.460 e. The molecular weight excluding hydrogens is 432 g/mol. The van der Waals surface area contributed by atoms with Gasteiger partial charge in [-0.2, -0.15) is 0 Å². The highest BCUT2D eigenvalue weighted by molar-refractivity contribution is 5.99. The van der Waals surface area contributed by atoms with Gasteiger partial charge in [0.2, 0.25) is 5.91 Å². The third-order valence-corrected chi connectivity index (χ3v) is 4.53. The fourth-order valence-corrected chi connectivity index (χ4v) is 2.88. The van der Waals surface area contributed by atoms with Crippen molar-refractivity contribution in [1.82, 2.24) is 10.3 Å². The van der Waals surface area contributed by atoms with Crippen LogP contribution < -0.4 is 21.1 Å². The summed E-state index contributed by atoms with van der Waals surface area (Å²) < 4.78 is 5.76. The van der Waals surface area contributed by atoms with Crippen LogP contribution in [0.15, 0.2) is 89.3 Å². The highest BCUT2D eigenvalue weighted by atomic mass is 16.5. The van der Waals surface area contributed by atoms with Gasteiger partial charge in [-0.05, 0) is 42.8 Å². The number of carbonyl (C=O) groups is 2. The van der Waals surface area contributed by atoms with Gasteiger partial charge in [0.15, 0.2) is 11.6 Å². The van der Waals surface area contributed by atoms with Gasteiger partial charge in [0.05, 0.1) is 12.3 Å². The molecule has 9 heteroatoms. The molecule has 0 saturated carbocycles. The molecule has 174 valence electrons. The van der Waals surface area contributed by atoms with Gasteiger partial charge in [0.1, 0.15) is 17.2 Å². The van der Waals surface area contributed by atoms with Crippen molar-refractivity contribution in [3.63, 3.8) is 0 Å². The van der Waals surface area contributed by atoms with E-state index in [0.717, 1.165) is 12.8 Å². The molecule has 2 amide bonds. The Morgan fingerprint density at radius 1 is 1.00 bits per heavy atom. The maximum Gasteiger partial charge on any atom is 0.251 e. The zero-order valence-corrected chi connectivity index (χ0v) is 18.8. The van der Waals surface area contributed by atoms with Crippen molar-refractivity contribution in [3.05, 3.63) is 84.6 Å². The number of rotatable bonds is 10. The van der Waals surface area contributed by atoms with Crippen LogP contribution in [0.1, 0.15) is 30.1 Å². The van der Waals surface area contributed by atoms with E-state index in [9.17, 15) is 9.59 Å². The molecule has 4 N–H and O–H groups in total. The monoisotopic (exact) mass is 458 g/mol. The van der Waals surface area contributed by atoms with Gasteiger partial charge >= 0.3 is 0 Å². The number of benzene rings is 2. The first-order valence-electron chi connectivity index (χ1n) is 10.7. The predicted octanol–water partition coefficient (Wildman–Crippen LogP) is 5.14. The number of para-hydroxylation sites is 1. The van der Waals surface area contributed by atoms with Crippen LogP contribution in [0.5, 0.6) is 5.75 Å². The number of nitrogens with two attached hydrogens (primary N) is 1. The Labute approximate surface area is 197 Å². The van der Waals surface area contributed by atoms with E-state index in [0.29, 0.717) is 28.4 Å². The molecule has 3 aromatic rings. The summed E-state index contributed by atoms with van der Waals surface area (Å²) in [4.78, 5) is 28.3. The number of nitrogens with one attached hydrogen (secondary N) is 2. The predicted molar refractivity (Wildman–Crippen MR) is 131 cm³/mol. The van der Waals surface area contributed by atoms with Crippen LogP contribution in [0.3, 0.4) is 0 Å². The molecule has 0 aliphatic carbocycles. The second-order valence-electron chi connectivity index (χ2n) is 7.26. The maximum absolute atomic E-state index is 12.2. The highest BCUT2D eigenvalue weighted by Gasteiger charge is 2.10. The first-order chi connectivity index (χ1) is 16.5. The normalized spacial score (nSPS) is 10.6. The molecule has 0 aliphatic heterocycles. The lowest BCUT2D eigenvalue weighted by atomic mass is 10.2. The van der Waals surface area contributed by atoms with Gasteiger partial charge in [0.25, 0.3) is 5.91 Å². The van der Waals surface area contributed by atoms with Crippen LogP contribution in [0, 0.1) is 0 Å². The van der Waals surface area contributed by atoms with Gasteiger partial charge in [-0.25, -0.2) is 4.98 Å². The molecule has 0 bridgehead atoms. The largest absolute Gasteiger partial charge is 0.460 e. The lowest BCUT2D eigenvalue weighted by Crippen LogP contribution is -2.33. The summed E-state index contributed by atoms with van der Waals surface area (Å²) in [5.41, 5.74) is 7.30. The van der Waals surface area contributed by atoms with Gasteiger partial charge in [-0.15, -0.1) is 10.2 Å². The second kappa shape index (κ2) is 11.9. The number of ether oxygens (including phenoxy) is 1. The van der Waals surface area contributed by atoms with Crippen LogP contribution in [-0.2, 0) is 4.79 Å². The molecule has 34 heavy (non-hydrogen) atoms. The molecule has 3 rings (SSSR count). The first kappa shape index (κ1) is 24.1. The number of anilines is 2. The summed E-state index contributed by atoms with van der Waals surface area (Å²) in [5.74, 6) is 0.716. The lowest BCUT2D eigenvalue weighted by Gasteiger charge is -2.09. The number of carbonyl (C=O) groups excluding carboxylic acids is 2. The number of allylic oxidation sites excluding steroid dienone is 1. The average Bonchev–Trinajstić information content (AvgIpc) is 2.83. The zero-order valence-electron chi connectivity index (χ0n) is 18.8. The van der Waals surface area contributed by atoms with E-state index in [-0.39, 0.29) is 24.1 Å². The molecule has 0 spiro atoms. The Morgan fingerprint density at radius 2 is 1.71 bits per heavy atom. The molecule has 0 aliphatic rings. The Hall–Kier alpha value is -4.53. The zero-order chi connectivity index (χ0) is 24.3. The summed E-state index contributed by atoms with van der Waals surface area (Å²) in [7, 11) is 0. The minimum atomic E-state index is -0.441. The fourth-order valence-electron chi connectivity index (χ4n) is 2.88. The molecule has 9 nitrogen and oxygen atoms in total. The van der Waals surface area contributed by atoms with Gasteiger partial charge in [0, 0.05) is 12.0 Å². The van der Waals surface area contributed by atoms with Crippen molar-refractivity contribution in [3.8, 4) is 5.75 Å². The van der Waals surface area contributed by atoms with Crippen molar-refractivity contribution in [2.75, 3.05) is 17.6 Å². The molecule has 0 unspecified atom stereocenters. The number of hydrogen-bond acceptors (Lipinski definition) is 7.